The summed E-state index contributed by atoms with van der Waals surface area (Å²) in [7, 11) is 0. The second kappa shape index (κ2) is 9.57. The lowest BCUT2D eigenvalue weighted by atomic mass is 10.1. The summed E-state index contributed by atoms with van der Waals surface area (Å²) in [5.74, 6) is -0.665. The molecule has 2 heterocycles. The maximum absolute atomic E-state index is 13.2. The van der Waals surface area contributed by atoms with E-state index >= 15 is 0 Å². The van der Waals surface area contributed by atoms with E-state index < -0.39 is 0 Å². The van der Waals surface area contributed by atoms with Crippen molar-refractivity contribution in [1.82, 2.24) is 14.8 Å². The van der Waals surface area contributed by atoms with Crippen LogP contribution in [0.2, 0.25) is 0 Å². The topological polar surface area (TPSA) is 86.1 Å². The first kappa shape index (κ1) is 21.5. The number of para-hydroxylation sites is 1. The van der Waals surface area contributed by atoms with E-state index in [0.29, 0.717) is 28.7 Å². The van der Waals surface area contributed by atoms with Gasteiger partial charge in [-0.3, -0.25) is 14.9 Å². The molecular weight excluding hydrogens is 424 g/mol. The van der Waals surface area contributed by atoms with Gasteiger partial charge in [-0.05, 0) is 26.0 Å². The fraction of sp³-hybridized carbons (Fsp3) is 0.167. The van der Waals surface area contributed by atoms with E-state index in [1.807, 2.05) is 61.5 Å². The smallest absolute Gasteiger partial charge is 0.311 e. The Morgan fingerprint density at radius 1 is 1.09 bits per heavy atom. The van der Waals surface area contributed by atoms with Gasteiger partial charge < -0.3 is 4.74 Å². The van der Waals surface area contributed by atoms with Crippen LogP contribution in [0.1, 0.15) is 28.5 Å². The van der Waals surface area contributed by atoms with Gasteiger partial charge in [-0.25, -0.2) is 9.67 Å². The zero-order valence-electron chi connectivity index (χ0n) is 17.7. The number of anilines is 1. The highest BCUT2D eigenvalue weighted by atomic mass is 32.1. The Balaban J connectivity index is 1.62. The molecule has 4 rings (SSSR count). The fourth-order valence-corrected chi connectivity index (χ4v) is 3.85. The van der Waals surface area contributed by atoms with Gasteiger partial charge in [0.1, 0.15) is 5.69 Å². The molecule has 32 heavy (non-hydrogen) atoms. The van der Waals surface area contributed by atoms with Crippen molar-refractivity contribution in [3.63, 3.8) is 0 Å². The summed E-state index contributed by atoms with van der Waals surface area (Å²) in [5, 5.41) is 9.67. The summed E-state index contributed by atoms with van der Waals surface area (Å²) in [5.41, 5.74) is 4.39. The lowest BCUT2D eigenvalue weighted by Gasteiger charge is -2.03. The molecular formula is C24H22N4O3S. The van der Waals surface area contributed by atoms with Gasteiger partial charge in [0.2, 0.25) is 0 Å². The maximum atomic E-state index is 13.2. The van der Waals surface area contributed by atoms with Crippen LogP contribution in [0, 0.1) is 6.92 Å². The van der Waals surface area contributed by atoms with E-state index in [1.54, 1.807) is 23.2 Å². The lowest BCUT2D eigenvalue weighted by Crippen LogP contribution is -2.12. The number of ether oxygens (including phenoxy) is 1. The number of aryl methyl sites for hydroxylation is 1. The molecule has 2 aromatic carbocycles. The number of benzene rings is 2. The van der Waals surface area contributed by atoms with Crippen LogP contribution in [-0.2, 0) is 16.0 Å². The van der Waals surface area contributed by atoms with Crippen molar-refractivity contribution in [2.45, 2.75) is 20.3 Å². The minimum Gasteiger partial charge on any atom is -0.466 e. The van der Waals surface area contributed by atoms with Crippen molar-refractivity contribution in [2.75, 3.05) is 11.9 Å². The highest BCUT2D eigenvalue weighted by Crippen LogP contribution is 2.26. The van der Waals surface area contributed by atoms with Crippen molar-refractivity contribution in [2.24, 2.45) is 0 Å². The Hall–Kier alpha value is -3.78. The number of rotatable bonds is 7. The van der Waals surface area contributed by atoms with Crippen molar-refractivity contribution < 1.29 is 14.3 Å². The molecule has 1 amide bonds. The highest BCUT2D eigenvalue weighted by molar-refractivity contribution is 7.14. The summed E-state index contributed by atoms with van der Waals surface area (Å²) >= 11 is 1.26. The molecule has 162 valence electrons. The number of amides is 1. The third kappa shape index (κ3) is 4.92. The minimum absolute atomic E-state index is 0.0702. The third-order valence-corrected chi connectivity index (χ3v) is 5.51. The number of hydrogen-bond acceptors (Lipinski definition) is 6. The predicted octanol–water partition coefficient (Wildman–Crippen LogP) is 4.66. The minimum atomic E-state index is -0.346. The van der Waals surface area contributed by atoms with E-state index in [1.165, 1.54) is 11.3 Å². The van der Waals surface area contributed by atoms with Gasteiger partial charge in [0.05, 0.1) is 30.0 Å². The molecule has 2 aromatic heterocycles. The number of carbonyl (C=O) groups is 2. The van der Waals surface area contributed by atoms with Crippen LogP contribution in [0.5, 0.6) is 0 Å². The molecule has 0 fully saturated rings. The van der Waals surface area contributed by atoms with E-state index in [9.17, 15) is 9.59 Å². The molecule has 8 heteroatoms. The molecule has 0 atom stereocenters. The predicted molar refractivity (Wildman–Crippen MR) is 124 cm³/mol. The van der Waals surface area contributed by atoms with Gasteiger partial charge in [0.25, 0.3) is 5.91 Å². The summed E-state index contributed by atoms with van der Waals surface area (Å²) in [4.78, 5) is 29.2. The largest absolute Gasteiger partial charge is 0.466 e. The first-order valence-corrected chi connectivity index (χ1v) is 11.0. The first-order valence-electron chi connectivity index (χ1n) is 10.2. The molecule has 0 spiro atoms. The van der Waals surface area contributed by atoms with Gasteiger partial charge in [0.15, 0.2) is 5.13 Å². The Morgan fingerprint density at radius 3 is 2.56 bits per heavy atom. The van der Waals surface area contributed by atoms with Crippen molar-refractivity contribution in [3.05, 3.63) is 83.0 Å². The molecule has 0 saturated carbocycles. The zero-order chi connectivity index (χ0) is 22.5. The number of carbonyl (C=O) groups excluding carboxylic acids is 2. The maximum Gasteiger partial charge on any atom is 0.311 e. The van der Waals surface area contributed by atoms with Gasteiger partial charge in [-0.15, -0.1) is 11.3 Å². The Kier molecular flexibility index (Phi) is 6.42. The molecule has 0 saturated heterocycles. The molecule has 0 aliphatic rings. The van der Waals surface area contributed by atoms with Crippen LogP contribution >= 0.6 is 11.3 Å². The second-order valence-electron chi connectivity index (χ2n) is 7.12. The van der Waals surface area contributed by atoms with Crippen LogP contribution in [-0.4, -0.2) is 33.2 Å². The SMILES string of the molecule is CCOC(=O)Cc1csc(NC(=O)c2cn(-c3ccccc3)nc2-c2ccc(C)cc2)n1. The average Bonchev–Trinajstić information content (AvgIpc) is 3.42. The van der Waals surface area contributed by atoms with Gasteiger partial charge >= 0.3 is 5.97 Å². The molecule has 0 aliphatic heterocycles. The highest BCUT2D eigenvalue weighted by Gasteiger charge is 2.20. The van der Waals surface area contributed by atoms with Gasteiger partial charge in [0, 0.05) is 17.1 Å². The number of esters is 1. The number of hydrogen-bond donors (Lipinski definition) is 1. The van der Waals surface area contributed by atoms with E-state index in [2.05, 4.69) is 15.4 Å². The summed E-state index contributed by atoms with van der Waals surface area (Å²) < 4.78 is 6.64. The fourth-order valence-electron chi connectivity index (χ4n) is 3.15. The Morgan fingerprint density at radius 2 is 1.84 bits per heavy atom. The quantitative estimate of drug-likeness (QED) is 0.417. The van der Waals surface area contributed by atoms with Crippen LogP contribution in [0.3, 0.4) is 0 Å². The normalized spacial score (nSPS) is 10.7. The van der Waals surface area contributed by atoms with Crippen molar-refractivity contribution in [3.8, 4) is 16.9 Å². The van der Waals surface area contributed by atoms with Gasteiger partial charge in [-0.1, -0.05) is 48.0 Å². The lowest BCUT2D eigenvalue weighted by molar-refractivity contribution is -0.142. The zero-order valence-corrected chi connectivity index (χ0v) is 18.6. The number of nitrogens with one attached hydrogen (secondary N) is 1. The molecule has 4 aromatic rings. The van der Waals surface area contributed by atoms with E-state index in [4.69, 9.17) is 4.74 Å². The van der Waals surface area contributed by atoms with Gasteiger partial charge in [-0.2, -0.15) is 5.10 Å². The third-order valence-electron chi connectivity index (χ3n) is 4.71. The van der Waals surface area contributed by atoms with Crippen LogP contribution < -0.4 is 5.32 Å². The van der Waals surface area contributed by atoms with E-state index in [-0.39, 0.29) is 18.3 Å². The first-order chi connectivity index (χ1) is 15.5. The van der Waals surface area contributed by atoms with Crippen molar-refractivity contribution >= 4 is 28.3 Å². The number of aromatic nitrogens is 3. The molecule has 1 N–H and O–H groups in total. The average molecular weight is 447 g/mol. The molecule has 0 radical (unpaired) electrons. The summed E-state index contributed by atoms with van der Waals surface area (Å²) in [6.07, 6.45) is 1.79. The van der Waals surface area contributed by atoms with Crippen LogP contribution in [0.15, 0.2) is 66.2 Å². The van der Waals surface area contributed by atoms with Crippen molar-refractivity contribution in [1.29, 1.82) is 0 Å². The Labute approximate surface area is 189 Å². The summed E-state index contributed by atoms with van der Waals surface area (Å²) in [6.45, 7) is 4.09. The number of nitrogens with zero attached hydrogens (tertiary/aromatic N) is 3. The monoisotopic (exact) mass is 446 g/mol. The molecule has 0 unspecified atom stereocenters. The Bertz CT molecular complexity index is 1230. The van der Waals surface area contributed by atoms with Crippen LogP contribution in [0.4, 0.5) is 5.13 Å². The standard InChI is InChI=1S/C24H22N4O3S/c1-3-31-21(29)13-18-15-32-24(25-18)26-23(30)20-14-28(19-7-5-4-6-8-19)27-22(20)17-11-9-16(2)10-12-17/h4-12,14-15H,3,13H2,1-2H3,(H,25,26,30). The molecule has 7 nitrogen and oxygen atoms in total. The van der Waals surface area contributed by atoms with Crippen LogP contribution in [0.25, 0.3) is 16.9 Å². The van der Waals surface area contributed by atoms with E-state index in [0.717, 1.165) is 16.8 Å². The molecule has 0 bridgehead atoms. The molecule has 0 aliphatic carbocycles. The second-order valence-corrected chi connectivity index (χ2v) is 7.98. The number of thiazole rings is 1. The summed E-state index contributed by atoms with van der Waals surface area (Å²) in [6, 6.07) is 17.5.